The molecule has 1 aliphatic heterocycles. The molecule has 5 rings (SSSR count). The number of hydrogen-bond acceptors (Lipinski definition) is 4. The normalized spacial score (nSPS) is 13.8. The van der Waals surface area contributed by atoms with E-state index in [9.17, 15) is 14.0 Å². The van der Waals surface area contributed by atoms with Crippen molar-refractivity contribution in [1.82, 2.24) is 9.55 Å². The number of carbonyl (C=O) groups excluding carboxylic acids is 1. The molecular formula is C26H22FN3O2S. The van der Waals surface area contributed by atoms with E-state index in [0.29, 0.717) is 33.9 Å². The van der Waals surface area contributed by atoms with Gasteiger partial charge in [0.25, 0.3) is 5.56 Å². The van der Waals surface area contributed by atoms with Gasteiger partial charge < -0.3 is 4.90 Å². The molecule has 33 heavy (non-hydrogen) atoms. The number of carbonyl (C=O) groups is 1. The molecule has 166 valence electrons. The zero-order chi connectivity index (χ0) is 23.1. The lowest BCUT2D eigenvalue weighted by molar-refractivity contribution is -0.117. The summed E-state index contributed by atoms with van der Waals surface area (Å²) in [5, 5.41) is 0.302. The fraction of sp³-hybridized carbons (Fsp3) is 0.192. The summed E-state index contributed by atoms with van der Waals surface area (Å²) in [7, 11) is 0. The van der Waals surface area contributed by atoms with E-state index < -0.39 is 11.1 Å². The number of nitrogens with zero attached hydrogens (tertiary/aromatic N) is 3. The van der Waals surface area contributed by atoms with E-state index in [1.54, 1.807) is 42.2 Å². The molecule has 0 fully saturated rings. The Balaban J connectivity index is 1.56. The second kappa shape index (κ2) is 8.48. The monoisotopic (exact) mass is 459 g/mol. The Hall–Kier alpha value is -3.45. The summed E-state index contributed by atoms with van der Waals surface area (Å²) in [4.78, 5) is 33.2. The highest BCUT2D eigenvalue weighted by Crippen LogP contribution is 2.32. The van der Waals surface area contributed by atoms with Crippen molar-refractivity contribution < 1.29 is 9.18 Å². The maximum atomic E-state index is 14.4. The minimum Gasteiger partial charge on any atom is -0.311 e. The summed E-state index contributed by atoms with van der Waals surface area (Å²) in [6, 6.07) is 19.6. The number of aryl methyl sites for hydroxylation is 1. The van der Waals surface area contributed by atoms with Crippen LogP contribution < -0.4 is 10.5 Å². The predicted molar refractivity (Wildman–Crippen MR) is 130 cm³/mol. The van der Waals surface area contributed by atoms with Crippen molar-refractivity contribution in [2.24, 2.45) is 0 Å². The van der Waals surface area contributed by atoms with Crippen molar-refractivity contribution in [3.8, 4) is 5.69 Å². The Morgan fingerprint density at radius 3 is 2.67 bits per heavy atom. The highest BCUT2D eigenvalue weighted by atomic mass is 32.2. The fourth-order valence-corrected chi connectivity index (χ4v) is 5.12. The quantitative estimate of drug-likeness (QED) is 0.322. The maximum Gasteiger partial charge on any atom is 0.266 e. The van der Waals surface area contributed by atoms with Gasteiger partial charge in [-0.15, -0.1) is 0 Å². The van der Waals surface area contributed by atoms with E-state index in [1.807, 2.05) is 37.3 Å². The standard InChI is InChI=1S/C26H22FN3O2S/c1-16-11-12-19(15-21(16)27)30-25(32)20-8-4-5-9-22(20)28-26(30)33-17(2)24(31)29-14-13-18-7-3-6-10-23(18)29/h3-12,15,17H,13-14H2,1-2H3. The molecule has 0 aliphatic carbocycles. The molecular weight excluding hydrogens is 437 g/mol. The van der Waals surface area contributed by atoms with Crippen LogP contribution in [-0.2, 0) is 11.2 Å². The number of aromatic nitrogens is 2. The van der Waals surface area contributed by atoms with E-state index in [-0.39, 0.29) is 11.5 Å². The molecule has 0 spiro atoms. The third-order valence-corrected chi connectivity index (χ3v) is 6.98. The van der Waals surface area contributed by atoms with E-state index in [4.69, 9.17) is 4.98 Å². The van der Waals surface area contributed by atoms with Gasteiger partial charge in [-0.1, -0.05) is 48.2 Å². The molecule has 0 N–H and O–H groups in total. The van der Waals surface area contributed by atoms with Crippen LogP contribution in [0.15, 0.2) is 76.7 Å². The Bertz CT molecular complexity index is 1450. The van der Waals surface area contributed by atoms with Crippen LogP contribution in [-0.4, -0.2) is 27.3 Å². The van der Waals surface area contributed by atoms with Crippen LogP contribution in [0.25, 0.3) is 16.6 Å². The first-order chi connectivity index (χ1) is 15.9. The largest absolute Gasteiger partial charge is 0.311 e. The van der Waals surface area contributed by atoms with Crippen LogP contribution in [0.3, 0.4) is 0 Å². The van der Waals surface area contributed by atoms with Gasteiger partial charge in [-0.25, -0.2) is 9.37 Å². The minimum absolute atomic E-state index is 0.0472. The Labute approximate surface area is 194 Å². The van der Waals surface area contributed by atoms with Crippen LogP contribution in [0.4, 0.5) is 10.1 Å². The summed E-state index contributed by atoms with van der Waals surface area (Å²) < 4.78 is 15.8. The lowest BCUT2D eigenvalue weighted by atomic mass is 10.2. The molecule has 0 saturated heterocycles. The molecule has 1 aliphatic rings. The third kappa shape index (κ3) is 3.82. The van der Waals surface area contributed by atoms with E-state index >= 15 is 0 Å². The summed E-state index contributed by atoms with van der Waals surface area (Å²) >= 11 is 1.21. The van der Waals surface area contributed by atoms with Gasteiger partial charge in [0.2, 0.25) is 5.91 Å². The molecule has 1 aromatic heterocycles. The van der Waals surface area contributed by atoms with Crippen molar-refractivity contribution >= 4 is 34.3 Å². The first-order valence-electron chi connectivity index (χ1n) is 10.8. The van der Waals surface area contributed by atoms with Crippen molar-refractivity contribution in [1.29, 1.82) is 0 Å². The number of halogens is 1. The zero-order valence-corrected chi connectivity index (χ0v) is 19.1. The van der Waals surface area contributed by atoms with E-state index in [0.717, 1.165) is 17.7 Å². The van der Waals surface area contributed by atoms with Crippen LogP contribution in [0, 0.1) is 12.7 Å². The third-order valence-electron chi connectivity index (χ3n) is 5.94. The number of thioether (sulfide) groups is 1. The van der Waals surface area contributed by atoms with Gasteiger partial charge in [0, 0.05) is 12.2 Å². The maximum absolute atomic E-state index is 14.4. The first kappa shape index (κ1) is 21.4. The Kier molecular flexibility index (Phi) is 5.50. The summed E-state index contributed by atoms with van der Waals surface area (Å²) in [5.41, 5.74) is 3.21. The van der Waals surface area contributed by atoms with Gasteiger partial charge in [0.15, 0.2) is 5.16 Å². The molecule has 4 aromatic rings. The average molecular weight is 460 g/mol. The van der Waals surface area contributed by atoms with Crippen molar-refractivity contribution in [3.05, 3.63) is 94.0 Å². The first-order valence-corrected chi connectivity index (χ1v) is 11.7. The predicted octanol–water partition coefficient (Wildman–Crippen LogP) is 4.90. The van der Waals surface area contributed by atoms with Crippen LogP contribution >= 0.6 is 11.8 Å². The smallest absolute Gasteiger partial charge is 0.266 e. The van der Waals surface area contributed by atoms with Gasteiger partial charge in [-0.2, -0.15) is 0 Å². The molecule has 1 unspecified atom stereocenters. The number of fused-ring (bicyclic) bond motifs is 2. The van der Waals surface area contributed by atoms with Gasteiger partial charge in [-0.05, 0) is 61.7 Å². The van der Waals surface area contributed by atoms with Gasteiger partial charge >= 0.3 is 0 Å². The second-order valence-electron chi connectivity index (χ2n) is 8.11. The Morgan fingerprint density at radius 2 is 1.85 bits per heavy atom. The van der Waals surface area contributed by atoms with Gasteiger partial charge in [-0.3, -0.25) is 14.2 Å². The molecule has 0 bridgehead atoms. The molecule has 2 heterocycles. The van der Waals surface area contributed by atoms with Crippen molar-refractivity contribution in [3.63, 3.8) is 0 Å². The van der Waals surface area contributed by atoms with E-state index in [1.165, 1.54) is 22.4 Å². The molecule has 1 amide bonds. The molecule has 0 radical (unpaired) electrons. The number of amides is 1. The average Bonchev–Trinajstić information content (AvgIpc) is 3.25. The Morgan fingerprint density at radius 1 is 1.09 bits per heavy atom. The van der Waals surface area contributed by atoms with Crippen LogP contribution in [0.1, 0.15) is 18.1 Å². The number of benzene rings is 3. The molecule has 7 heteroatoms. The topological polar surface area (TPSA) is 55.2 Å². The number of hydrogen-bond donors (Lipinski definition) is 0. The molecule has 1 atom stereocenters. The number of para-hydroxylation sites is 2. The van der Waals surface area contributed by atoms with Crippen molar-refractivity contribution in [2.45, 2.75) is 30.7 Å². The highest BCUT2D eigenvalue weighted by Gasteiger charge is 2.29. The zero-order valence-electron chi connectivity index (χ0n) is 18.3. The summed E-state index contributed by atoms with van der Waals surface area (Å²) in [5.74, 6) is -0.449. The summed E-state index contributed by atoms with van der Waals surface area (Å²) in [6.45, 7) is 4.12. The number of rotatable bonds is 4. The van der Waals surface area contributed by atoms with Crippen LogP contribution in [0.2, 0.25) is 0 Å². The van der Waals surface area contributed by atoms with E-state index in [2.05, 4.69) is 0 Å². The SMILES string of the molecule is Cc1ccc(-n2c(SC(C)C(=O)N3CCc4ccccc43)nc3ccccc3c2=O)cc1F. The molecule has 3 aromatic carbocycles. The van der Waals surface area contributed by atoms with Crippen LogP contribution in [0.5, 0.6) is 0 Å². The summed E-state index contributed by atoms with van der Waals surface area (Å²) in [6.07, 6.45) is 0.820. The number of anilines is 1. The van der Waals surface area contributed by atoms with Crippen molar-refractivity contribution in [2.75, 3.05) is 11.4 Å². The molecule has 0 saturated carbocycles. The minimum atomic E-state index is -0.495. The second-order valence-corrected chi connectivity index (χ2v) is 9.42. The lowest BCUT2D eigenvalue weighted by Crippen LogP contribution is -2.35. The highest BCUT2D eigenvalue weighted by molar-refractivity contribution is 8.00. The molecule has 5 nitrogen and oxygen atoms in total. The fourth-order valence-electron chi connectivity index (χ4n) is 4.14. The van der Waals surface area contributed by atoms with Gasteiger partial charge in [0.1, 0.15) is 5.82 Å². The van der Waals surface area contributed by atoms with Gasteiger partial charge in [0.05, 0.1) is 21.8 Å². The lowest BCUT2D eigenvalue weighted by Gasteiger charge is -2.22.